The second-order valence-corrected chi connectivity index (χ2v) is 4.71. The molecular formula is C12H21N5. The van der Waals surface area contributed by atoms with E-state index in [4.69, 9.17) is 5.84 Å². The average molecular weight is 235 g/mol. The van der Waals surface area contributed by atoms with Gasteiger partial charge in [-0.2, -0.15) is 0 Å². The maximum absolute atomic E-state index is 5.41. The predicted molar refractivity (Wildman–Crippen MR) is 69.6 cm³/mol. The molecular weight excluding hydrogens is 214 g/mol. The van der Waals surface area contributed by atoms with E-state index in [2.05, 4.69) is 27.6 Å². The van der Waals surface area contributed by atoms with E-state index < -0.39 is 0 Å². The number of aryl methyl sites for hydroxylation is 1. The number of hydrazine groups is 1. The monoisotopic (exact) mass is 235 g/mol. The van der Waals surface area contributed by atoms with Crippen molar-refractivity contribution in [3.63, 3.8) is 0 Å². The van der Waals surface area contributed by atoms with Crippen molar-refractivity contribution in [1.29, 1.82) is 0 Å². The number of nitrogens with two attached hydrogens (primary N) is 1. The number of rotatable bonds is 4. The molecule has 1 heterocycles. The molecule has 1 saturated carbocycles. The first-order valence-corrected chi connectivity index (χ1v) is 6.34. The lowest BCUT2D eigenvalue weighted by Gasteiger charge is -2.18. The number of aromatic nitrogens is 2. The Balaban J connectivity index is 2.14. The van der Waals surface area contributed by atoms with Crippen LogP contribution in [0.25, 0.3) is 0 Å². The minimum absolute atomic E-state index is 0.528. The van der Waals surface area contributed by atoms with Gasteiger partial charge in [-0.05, 0) is 18.8 Å². The molecule has 0 saturated heterocycles. The van der Waals surface area contributed by atoms with Crippen LogP contribution in [0.4, 0.5) is 11.6 Å². The molecule has 0 aliphatic heterocycles. The van der Waals surface area contributed by atoms with Gasteiger partial charge in [-0.1, -0.05) is 20.3 Å². The normalized spacial score (nSPS) is 23.7. The Bertz CT molecular complexity index is 357. The third-order valence-electron chi connectivity index (χ3n) is 3.43. The highest BCUT2D eigenvalue weighted by Gasteiger charge is 2.23. The maximum atomic E-state index is 5.41. The van der Waals surface area contributed by atoms with Crippen LogP contribution in [0.15, 0.2) is 6.07 Å². The first-order chi connectivity index (χ1) is 8.22. The minimum atomic E-state index is 0.528. The lowest BCUT2D eigenvalue weighted by Crippen LogP contribution is -2.23. The summed E-state index contributed by atoms with van der Waals surface area (Å²) in [4.78, 5) is 8.76. The number of anilines is 2. The van der Waals surface area contributed by atoms with Gasteiger partial charge in [0.2, 0.25) is 0 Å². The Hall–Kier alpha value is -1.36. The molecule has 2 rings (SSSR count). The van der Waals surface area contributed by atoms with Gasteiger partial charge >= 0.3 is 0 Å². The van der Waals surface area contributed by atoms with E-state index in [0.717, 1.165) is 18.1 Å². The lowest BCUT2D eigenvalue weighted by atomic mass is 10.1. The second-order valence-electron chi connectivity index (χ2n) is 4.71. The molecule has 1 aliphatic carbocycles. The van der Waals surface area contributed by atoms with Gasteiger partial charge in [0.15, 0.2) is 0 Å². The molecule has 0 spiro atoms. The highest BCUT2D eigenvalue weighted by Crippen LogP contribution is 2.27. The third kappa shape index (κ3) is 2.85. The summed E-state index contributed by atoms with van der Waals surface area (Å²) in [5.41, 5.74) is 2.59. The van der Waals surface area contributed by atoms with Crippen molar-refractivity contribution < 1.29 is 0 Å². The fourth-order valence-corrected chi connectivity index (χ4v) is 2.35. The SMILES string of the molecule is CCc1nc(NN)cc(NC2CCCC2C)n1. The molecule has 0 radical (unpaired) electrons. The van der Waals surface area contributed by atoms with Gasteiger partial charge in [-0.3, -0.25) is 0 Å². The molecule has 0 aromatic carbocycles. The summed E-state index contributed by atoms with van der Waals surface area (Å²) in [6, 6.07) is 2.39. The van der Waals surface area contributed by atoms with Crippen molar-refractivity contribution in [2.75, 3.05) is 10.7 Å². The van der Waals surface area contributed by atoms with Crippen LogP contribution in [0.1, 0.15) is 38.9 Å². The van der Waals surface area contributed by atoms with E-state index in [-0.39, 0.29) is 0 Å². The van der Waals surface area contributed by atoms with E-state index in [9.17, 15) is 0 Å². The van der Waals surface area contributed by atoms with Gasteiger partial charge in [0, 0.05) is 18.5 Å². The van der Waals surface area contributed by atoms with Crippen LogP contribution >= 0.6 is 0 Å². The van der Waals surface area contributed by atoms with Gasteiger partial charge in [0.1, 0.15) is 17.5 Å². The number of nitrogens with zero attached hydrogens (tertiary/aromatic N) is 2. The largest absolute Gasteiger partial charge is 0.367 e. The quantitative estimate of drug-likeness (QED) is 0.549. The van der Waals surface area contributed by atoms with Crippen molar-refractivity contribution in [3.05, 3.63) is 11.9 Å². The number of hydrogen-bond acceptors (Lipinski definition) is 5. The zero-order valence-electron chi connectivity index (χ0n) is 10.5. The Labute approximate surface area is 102 Å². The van der Waals surface area contributed by atoms with Crippen LogP contribution < -0.4 is 16.6 Å². The maximum Gasteiger partial charge on any atom is 0.145 e. The van der Waals surface area contributed by atoms with Crippen molar-refractivity contribution in [2.24, 2.45) is 11.8 Å². The third-order valence-corrected chi connectivity index (χ3v) is 3.43. The number of nitrogens with one attached hydrogen (secondary N) is 2. The number of nitrogen functional groups attached to an aromatic ring is 1. The van der Waals surface area contributed by atoms with Crippen LogP contribution in [0, 0.1) is 5.92 Å². The summed E-state index contributed by atoms with van der Waals surface area (Å²) < 4.78 is 0. The van der Waals surface area contributed by atoms with Crippen molar-refractivity contribution in [3.8, 4) is 0 Å². The van der Waals surface area contributed by atoms with Gasteiger partial charge < -0.3 is 10.7 Å². The van der Waals surface area contributed by atoms with Crippen molar-refractivity contribution in [2.45, 2.75) is 45.6 Å². The first kappa shape index (κ1) is 12.1. The van der Waals surface area contributed by atoms with Crippen LogP contribution in [-0.4, -0.2) is 16.0 Å². The molecule has 94 valence electrons. The summed E-state index contributed by atoms with van der Waals surface area (Å²) >= 11 is 0. The van der Waals surface area contributed by atoms with Gasteiger partial charge in [0.25, 0.3) is 0 Å². The standard InChI is InChI=1S/C12H21N5/c1-3-10-15-11(7-12(16-10)17-13)14-9-6-4-5-8(9)2/h7-9H,3-6,13H2,1-2H3,(H2,14,15,16,17). The zero-order chi connectivity index (χ0) is 12.3. The Morgan fingerprint density at radius 3 is 2.71 bits per heavy atom. The molecule has 0 amide bonds. The number of hydrogen-bond donors (Lipinski definition) is 3. The van der Waals surface area contributed by atoms with Crippen LogP contribution in [0.3, 0.4) is 0 Å². The van der Waals surface area contributed by atoms with E-state index in [1.54, 1.807) is 0 Å². The minimum Gasteiger partial charge on any atom is -0.367 e. The molecule has 1 aliphatic rings. The van der Waals surface area contributed by atoms with E-state index >= 15 is 0 Å². The Kier molecular flexibility index (Phi) is 3.78. The van der Waals surface area contributed by atoms with E-state index in [1.165, 1.54) is 19.3 Å². The van der Waals surface area contributed by atoms with E-state index in [0.29, 0.717) is 17.8 Å². The highest BCUT2D eigenvalue weighted by atomic mass is 15.3. The van der Waals surface area contributed by atoms with Crippen LogP contribution in [-0.2, 0) is 6.42 Å². The fourth-order valence-electron chi connectivity index (χ4n) is 2.35. The smallest absolute Gasteiger partial charge is 0.145 e. The van der Waals surface area contributed by atoms with Gasteiger partial charge in [-0.15, -0.1) is 0 Å². The van der Waals surface area contributed by atoms with Gasteiger partial charge in [-0.25, -0.2) is 15.8 Å². The first-order valence-electron chi connectivity index (χ1n) is 6.34. The average Bonchev–Trinajstić information content (AvgIpc) is 2.74. The molecule has 2 atom stereocenters. The molecule has 2 unspecified atom stereocenters. The molecule has 17 heavy (non-hydrogen) atoms. The second kappa shape index (κ2) is 5.31. The molecule has 5 nitrogen and oxygen atoms in total. The Morgan fingerprint density at radius 1 is 1.35 bits per heavy atom. The molecule has 4 N–H and O–H groups in total. The molecule has 1 fully saturated rings. The topological polar surface area (TPSA) is 75.9 Å². The Morgan fingerprint density at radius 2 is 2.12 bits per heavy atom. The highest BCUT2D eigenvalue weighted by molar-refractivity contribution is 5.47. The van der Waals surface area contributed by atoms with E-state index in [1.807, 2.05) is 13.0 Å². The molecule has 1 aromatic heterocycles. The lowest BCUT2D eigenvalue weighted by molar-refractivity contribution is 0.554. The summed E-state index contributed by atoms with van der Waals surface area (Å²) in [7, 11) is 0. The fraction of sp³-hybridized carbons (Fsp3) is 0.667. The molecule has 0 bridgehead atoms. The van der Waals surface area contributed by atoms with Crippen LogP contribution in [0.2, 0.25) is 0 Å². The summed E-state index contributed by atoms with van der Waals surface area (Å²) in [5, 5.41) is 3.49. The van der Waals surface area contributed by atoms with Crippen molar-refractivity contribution >= 4 is 11.6 Å². The molecule has 1 aromatic rings. The van der Waals surface area contributed by atoms with Crippen LogP contribution in [0.5, 0.6) is 0 Å². The summed E-state index contributed by atoms with van der Waals surface area (Å²) in [6.07, 6.45) is 4.63. The van der Waals surface area contributed by atoms with Crippen molar-refractivity contribution in [1.82, 2.24) is 9.97 Å². The predicted octanol–water partition coefficient (Wildman–Crippen LogP) is 1.93. The molecule has 5 heteroatoms. The summed E-state index contributed by atoms with van der Waals surface area (Å²) in [5.74, 6) is 8.49. The van der Waals surface area contributed by atoms with Gasteiger partial charge in [0.05, 0.1) is 0 Å². The zero-order valence-corrected chi connectivity index (χ0v) is 10.5. The summed E-state index contributed by atoms with van der Waals surface area (Å²) in [6.45, 7) is 4.33.